The molecule has 0 aromatic heterocycles. The van der Waals surface area contributed by atoms with Gasteiger partial charge in [0.05, 0.1) is 5.60 Å². The molecule has 0 spiro atoms. The summed E-state index contributed by atoms with van der Waals surface area (Å²) in [4.78, 5) is 0. The van der Waals surface area contributed by atoms with Crippen molar-refractivity contribution >= 4 is 19.7 Å². The first-order valence-electron chi connectivity index (χ1n) is 5.69. The molecule has 0 aliphatic heterocycles. The highest BCUT2D eigenvalue weighted by Crippen LogP contribution is 2.25. The van der Waals surface area contributed by atoms with Crippen molar-refractivity contribution in [1.29, 1.82) is 0 Å². The second-order valence-corrected chi connectivity index (χ2v) is 10.7. The Morgan fingerprint density at radius 3 is 2.24 bits per heavy atom. The van der Waals surface area contributed by atoms with Crippen molar-refractivity contribution < 1.29 is 5.11 Å². The van der Waals surface area contributed by atoms with E-state index in [9.17, 15) is 5.11 Å². The molecule has 1 aromatic carbocycles. The molecule has 1 rings (SSSR count). The summed E-state index contributed by atoms with van der Waals surface area (Å²) < 4.78 is 0. The lowest BCUT2D eigenvalue weighted by atomic mass is 9.93. The number of benzene rings is 1. The van der Waals surface area contributed by atoms with E-state index in [4.69, 9.17) is 11.6 Å². The Morgan fingerprint density at radius 2 is 1.76 bits per heavy atom. The van der Waals surface area contributed by atoms with Crippen LogP contribution < -0.4 is 0 Å². The lowest BCUT2D eigenvalue weighted by molar-refractivity contribution is 0.0629. The van der Waals surface area contributed by atoms with Gasteiger partial charge in [-0.15, -0.1) is 11.5 Å². The van der Waals surface area contributed by atoms with Gasteiger partial charge >= 0.3 is 0 Å². The smallest absolute Gasteiger partial charge is 0.129 e. The van der Waals surface area contributed by atoms with Crippen LogP contribution in [0.2, 0.25) is 24.7 Å². The molecule has 0 heterocycles. The second-order valence-electron chi connectivity index (χ2n) is 5.51. The van der Waals surface area contributed by atoms with Gasteiger partial charge in [-0.05, 0) is 24.6 Å². The number of halogens is 1. The van der Waals surface area contributed by atoms with Gasteiger partial charge in [-0.3, -0.25) is 0 Å². The molecule has 0 aliphatic carbocycles. The van der Waals surface area contributed by atoms with Crippen LogP contribution in [0.1, 0.15) is 18.9 Å². The van der Waals surface area contributed by atoms with E-state index in [0.29, 0.717) is 11.4 Å². The molecule has 1 unspecified atom stereocenters. The van der Waals surface area contributed by atoms with E-state index in [-0.39, 0.29) is 0 Å². The monoisotopic (exact) mass is 266 g/mol. The topological polar surface area (TPSA) is 20.2 Å². The largest absolute Gasteiger partial charge is 0.384 e. The highest BCUT2D eigenvalue weighted by atomic mass is 35.5. The Hall–Kier alpha value is -0.753. The highest BCUT2D eigenvalue weighted by Gasteiger charge is 2.21. The van der Waals surface area contributed by atoms with Crippen LogP contribution in [-0.2, 0) is 5.60 Å². The van der Waals surface area contributed by atoms with Gasteiger partial charge in [0, 0.05) is 11.4 Å². The maximum atomic E-state index is 10.3. The van der Waals surface area contributed by atoms with Gasteiger partial charge in [0.2, 0.25) is 0 Å². The van der Waals surface area contributed by atoms with Gasteiger partial charge in [-0.25, -0.2) is 0 Å². The first-order valence-corrected chi connectivity index (χ1v) is 9.57. The van der Waals surface area contributed by atoms with E-state index in [1.165, 1.54) is 0 Å². The standard InChI is InChI=1S/C14H19ClOSi/c1-14(16,10-5-11-17(2,3)4)12-6-8-13(15)9-7-12/h6-9,16H,10H2,1-4H3. The molecule has 0 bridgehead atoms. The second kappa shape index (κ2) is 5.26. The summed E-state index contributed by atoms with van der Waals surface area (Å²) in [5.74, 6) is 3.11. The maximum Gasteiger partial charge on any atom is 0.129 e. The van der Waals surface area contributed by atoms with E-state index in [0.717, 1.165) is 5.56 Å². The van der Waals surface area contributed by atoms with Gasteiger partial charge in [0.25, 0.3) is 0 Å². The van der Waals surface area contributed by atoms with Crippen molar-refractivity contribution in [3.63, 3.8) is 0 Å². The van der Waals surface area contributed by atoms with Crippen LogP contribution in [0.4, 0.5) is 0 Å². The van der Waals surface area contributed by atoms with E-state index in [2.05, 4.69) is 31.1 Å². The Morgan fingerprint density at radius 1 is 1.24 bits per heavy atom. The van der Waals surface area contributed by atoms with Crippen LogP contribution in [-0.4, -0.2) is 13.2 Å². The quantitative estimate of drug-likeness (QED) is 0.637. The summed E-state index contributed by atoms with van der Waals surface area (Å²) >= 11 is 5.82. The summed E-state index contributed by atoms with van der Waals surface area (Å²) in [5, 5.41) is 11.0. The summed E-state index contributed by atoms with van der Waals surface area (Å²) in [6.45, 7) is 8.36. The Kier molecular flexibility index (Phi) is 4.43. The van der Waals surface area contributed by atoms with Crippen molar-refractivity contribution in [2.24, 2.45) is 0 Å². The van der Waals surface area contributed by atoms with Crippen molar-refractivity contribution in [1.82, 2.24) is 0 Å². The zero-order valence-electron chi connectivity index (χ0n) is 10.8. The molecule has 3 heteroatoms. The SMILES string of the molecule is CC(O)(CC#C[Si](C)(C)C)c1ccc(Cl)cc1. The number of hydrogen-bond donors (Lipinski definition) is 1. The van der Waals surface area contributed by atoms with Gasteiger partial charge in [0.15, 0.2) is 0 Å². The average molecular weight is 267 g/mol. The molecule has 1 N–H and O–H groups in total. The molecule has 0 amide bonds. The number of rotatable bonds is 2. The molecule has 1 atom stereocenters. The molecular weight excluding hydrogens is 248 g/mol. The Balaban J connectivity index is 2.81. The highest BCUT2D eigenvalue weighted by molar-refractivity contribution is 6.83. The summed E-state index contributed by atoms with van der Waals surface area (Å²) in [6, 6.07) is 7.27. The van der Waals surface area contributed by atoms with E-state index >= 15 is 0 Å². The molecular formula is C14H19ClOSi. The van der Waals surface area contributed by atoms with Crippen LogP contribution in [0.15, 0.2) is 24.3 Å². The van der Waals surface area contributed by atoms with Gasteiger partial charge in [0.1, 0.15) is 8.07 Å². The molecule has 1 aromatic rings. The predicted octanol–water partition coefficient (Wildman–Crippen LogP) is 3.82. The lowest BCUT2D eigenvalue weighted by Gasteiger charge is -2.21. The summed E-state index contributed by atoms with van der Waals surface area (Å²) in [7, 11) is -1.36. The molecule has 0 fully saturated rings. The summed E-state index contributed by atoms with van der Waals surface area (Å²) in [5.41, 5.74) is 3.21. The van der Waals surface area contributed by atoms with Gasteiger partial charge < -0.3 is 5.11 Å². The van der Waals surface area contributed by atoms with Crippen LogP contribution in [0, 0.1) is 11.5 Å². The number of hydrogen-bond acceptors (Lipinski definition) is 1. The van der Waals surface area contributed by atoms with Gasteiger partial charge in [-0.2, -0.15) is 0 Å². The van der Waals surface area contributed by atoms with Crippen LogP contribution in [0.5, 0.6) is 0 Å². The van der Waals surface area contributed by atoms with E-state index in [1.54, 1.807) is 19.1 Å². The van der Waals surface area contributed by atoms with Crippen LogP contribution in [0.3, 0.4) is 0 Å². The maximum absolute atomic E-state index is 10.3. The third kappa shape index (κ3) is 4.95. The Bertz CT molecular complexity index is 432. The minimum atomic E-state index is -1.36. The zero-order chi connectivity index (χ0) is 13.1. The average Bonchev–Trinajstić information content (AvgIpc) is 2.15. The van der Waals surface area contributed by atoms with Gasteiger partial charge in [-0.1, -0.05) is 43.4 Å². The fourth-order valence-electron chi connectivity index (χ4n) is 1.39. The van der Waals surface area contributed by atoms with E-state index in [1.807, 2.05) is 12.1 Å². The minimum absolute atomic E-state index is 0.457. The fraction of sp³-hybridized carbons (Fsp3) is 0.429. The van der Waals surface area contributed by atoms with Crippen molar-refractivity contribution in [2.45, 2.75) is 38.6 Å². The first-order chi connectivity index (χ1) is 7.71. The molecule has 0 saturated heterocycles. The van der Waals surface area contributed by atoms with Crippen molar-refractivity contribution in [2.75, 3.05) is 0 Å². The molecule has 1 nitrogen and oxygen atoms in total. The third-order valence-electron chi connectivity index (χ3n) is 2.36. The van der Waals surface area contributed by atoms with Crippen LogP contribution in [0.25, 0.3) is 0 Å². The number of aliphatic hydroxyl groups is 1. The lowest BCUT2D eigenvalue weighted by Crippen LogP contribution is -2.21. The van der Waals surface area contributed by atoms with E-state index < -0.39 is 13.7 Å². The third-order valence-corrected chi connectivity index (χ3v) is 3.54. The molecule has 0 radical (unpaired) electrons. The minimum Gasteiger partial charge on any atom is -0.384 e. The Labute approximate surface area is 110 Å². The molecule has 92 valence electrons. The van der Waals surface area contributed by atoms with Crippen LogP contribution >= 0.6 is 11.6 Å². The molecule has 17 heavy (non-hydrogen) atoms. The predicted molar refractivity (Wildman–Crippen MR) is 76.8 cm³/mol. The molecule has 0 aliphatic rings. The molecule has 0 saturated carbocycles. The van der Waals surface area contributed by atoms with Crippen molar-refractivity contribution in [3.05, 3.63) is 34.9 Å². The van der Waals surface area contributed by atoms with Crippen molar-refractivity contribution in [3.8, 4) is 11.5 Å². The first kappa shape index (κ1) is 14.3. The fourth-order valence-corrected chi connectivity index (χ4v) is 2.14. The zero-order valence-corrected chi connectivity index (χ0v) is 12.6. The summed E-state index contributed by atoms with van der Waals surface area (Å²) in [6.07, 6.45) is 0.457. The normalized spacial score (nSPS) is 14.7.